The van der Waals surface area contributed by atoms with Crippen LogP contribution in [0.5, 0.6) is 5.75 Å². The van der Waals surface area contributed by atoms with Gasteiger partial charge in [-0.25, -0.2) is 0 Å². The van der Waals surface area contributed by atoms with Gasteiger partial charge in [0, 0.05) is 18.8 Å². The number of allylic oxidation sites excluding steroid dienone is 1. The number of nitrogens with zero attached hydrogens (tertiary/aromatic N) is 1. The van der Waals surface area contributed by atoms with Crippen LogP contribution >= 0.6 is 0 Å². The van der Waals surface area contributed by atoms with Gasteiger partial charge < -0.3 is 9.47 Å². The fourth-order valence-electron chi connectivity index (χ4n) is 3.72. The number of hydrogen-bond acceptors (Lipinski definition) is 3. The van der Waals surface area contributed by atoms with Gasteiger partial charge in [0.05, 0.1) is 18.5 Å². The first-order valence-corrected chi connectivity index (χ1v) is 12.7. The second-order valence-corrected chi connectivity index (χ2v) is 8.55. The summed E-state index contributed by atoms with van der Waals surface area (Å²) in [7, 11) is 0. The maximum Gasteiger partial charge on any atom is 0.137 e. The highest BCUT2D eigenvalue weighted by Gasteiger charge is 2.02. The molecule has 3 nitrogen and oxygen atoms in total. The summed E-state index contributed by atoms with van der Waals surface area (Å²) in [6.07, 6.45) is 18.4. The number of benzene rings is 1. The molecule has 0 unspecified atom stereocenters. The Labute approximate surface area is 196 Å². The van der Waals surface area contributed by atoms with E-state index in [1.54, 1.807) is 0 Å². The van der Waals surface area contributed by atoms with Crippen LogP contribution in [0, 0.1) is 0 Å². The molecule has 0 atom stereocenters. The van der Waals surface area contributed by atoms with Gasteiger partial charge >= 0.3 is 0 Å². The molecule has 0 fully saturated rings. The van der Waals surface area contributed by atoms with E-state index in [4.69, 9.17) is 9.47 Å². The average Bonchev–Trinajstić information content (AvgIpc) is 2.83. The van der Waals surface area contributed by atoms with Crippen molar-refractivity contribution in [2.45, 2.75) is 84.0 Å². The number of ether oxygens (including phenoxy) is 2. The van der Waals surface area contributed by atoms with Crippen LogP contribution in [0.2, 0.25) is 0 Å². The lowest BCUT2D eigenvalue weighted by Gasteiger charge is -2.08. The third kappa shape index (κ3) is 11.5. The van der Waals surface area contributed by atoms with Crippen LogP contribution in [-0.2, 0) is 11.2 Å². The standard InChI is InChI=1S/C29H43NO2/c1-3-5-6-7-8-9-10-14-24-32-28-20-21-29(30-25-28)27-18-16-26(17-19-27)15-12-11-13-23-31-22-4-2/h3,16-21,25H,1,4-15,22-24H2,2H3. The quantitative estimate of drug-likeness (QED) is 0.164. The second-order valence-electron chi connectivity index (χ2n) is 8.55. The summed E-state index contributed by atoms with van der Waals surface area (Å²) in [6, 6.07) is 12.9. The molecule has 0 aliphatic carbocycles. The summed E-state index contributed by atoms with van der Waals surface area (Å²) in [4.78, 5) is 4.60. The minimum atomic E-state index is 0.771. The zero-order valence-corrected chi connectivity index (χ0v) is 20.2. The molecule has 2 rings (SSSR count). The van der Waals surface area contributed by atoms with Gasteiger partial charge in [-0.1, -0.05) is 69.4 Å². The second kappa shape index (κ2) is 17.4. The third-order valence-corrected chi connectivity index (χ3v) is 5.66. The molecule has 0 aliphatic heterocycles. The van der Waals surface area contributed by atoms with Gasteiger partial charge in [-0.2, -0.15) is 0 Å². The molecule has 2 aromatic rings. The number of aromatic nitrogens is 1. The highest BCUT2D eigenvalue weighted by molar-refractivity contribution is 5.59. The van der Waals surface area contributed by atoms with E-state index in [0.717, 1.165) is 68.9 Å². The molecule has 3 heteroatoms. The first-order valence-electron chi connectivity index (χ1n) is 12.7. The van der Waals surface area contributed by atoms with Crippen molar-refractivity contribution in [1.29, 1.82) is 0 Å². The molecule has 0 saturated carbocycles. The normalized spacial score (nSPS) is 10.9. The van der Waals surface area contributed by atoms with Crippen LogP contribution in [0.3, 0.4) is 0 Å². The number of unbranched alkanes of at least 4 members (excludes halogenated alkanes) is 8. The van der Waals surface area contributed by atoms with Crippen LogP contribution in [0.15, 0.2) is 55.3 Å². The van der Waals surface area contributed by atoms with Gasteiger partial charge in [0.1, 0.15) is 5.75 Å². The van der Waals surface area contributed by atoms with Gasteiger partial charge in [0.2, 0.25) is 0 Å². The lowest BCUT2D eigenvalue weighted by atomic mass is 10.0. The summed E-state index contributed by atoms with van der Waals surface area (Å²) in [5.74, 6) is 0.860. The van der Waals surface area contributed by atoms with Crippen LogP contribution in [-0.4, -0.2) is 24.8 Å². The number of pyridine rings is 1. The third-order valence-electron chi connectivity index (χ3n) is 5.66. The molecule has 0 bridgehead atoms. The Balaban J connectivity index is 1.61. The van der Waals surface area contributed by atoms with Gasteiger partial charge in [-0.15, -0.1) is 6.58 Å². The van der Waals surface area contributed by atoms with E-state index in [9.17, 15) is 0 Å². The Kier molecular flexibility index (Phi) is 14.2. The molecule has 32 heavy (non-hydrogen) atoms. The SMILES string of the molecule is C=CCCCCCCCCOc1ccc(-c2ccc(CCCCCOCCC)cc2)nc1. The summed E-state index contributed by atoms with van der Waals surface area (Å²) >= 11 is 0. The molecule has 0 spiro atoms. The van der Waals surface area contributed by atoms with E-state index in [2.05, 4.69) is 48.8 Å². The highest BCUT2D eigenvalue weighted by Crippen LogP contribution is 2.21. The minimum absolute atomic E-state index is 0.771. The van der Waals surface area contributed by atoms with Crippen molar-refractivity contribution in [2.75, 3.05) is 19.8 Å². The van der Waals surface area contributed by atoms with Gasteiger partial charge in [0.25, 0.3) is 0 Å². The monoisotopic (exact) mass is 437 g/mol. The Morgan fingerprint density at radius 1 is 0.781 bits per heavy atom. The van der Waals surface area contributed by atoms with E-state index < -0.39 is 0 Å². The van der Waals surface area contributed by atoms with Crippen molar-refractivity contribution < 1.29 is 9.47 Å². The van der Waals surface area contributed by atoms with Crippen molar-refractivity contribution in [3.8, 4) is 17.0 Å². The zero-order chi connectivity index (χ0) is 22.7. The molecule has 0 aliphatic rings. The van der Waals surface area contributed by atoms with Crippen LogP contribution in [0.4, 0.5) is 0 Å². The van der Waals surface area contributed by atoms with E-state index in [0.29, 0.717) is 0 Å². The van der Waals surface area contributed by atoms with E-state index in [1.807, 2.05) is 18.3 Å². The Morgan fingerprint density at radius 2 is 1.50 bits per heavy atom. The predicted molar refractivity (Wildman–Crippen MR) is 136 cm³/mol. The van der Waals surface area contributed by atoms with Crippen molar-refractivity contribution in [3.63, 3.8) is 0 Å². The van der Waals surface area contributed by atoms with Crippen molar-refractivity contribution in [1.82, 2.24) is 4.98 Å². The summed E-state index contributed by atoms with van der Waals surface area (Å²) in [5.41, 5.74) is 3.55. The summed E-state index contributed by atoms with van der Waals surface area (Å²) < 4.78 is 11.4. The molecular weight excluding hydrogens is 394 g/mol. The largest absolute Gasteiger partial charge is 0.492 e. The molecule has 0 N–H and O–H groups in total. The molecule has 1 aromatic carbocycles. The topological polar surface area (TPSA) is 31.4 Å². The first-order chi connectivity index (χ1) is 15.8. The van der Waals surface area contributed by atoms with E-state index in [1.165, 1.54) is 50.5 Å². The summed E-state index contributed by atoms with van der Waals surface area (Å²) in [5, 5.41) is 0. The average molecular weight is 438 g/mol. The Morgan fingerprint density at radius 3 is 2.22 bits per heavy atom. The Bertz CT molecular complexity index is 709. The van der Waals surface area contributed by atoms with Crippen LogP contribution < -0.4 is 4.74 Å². The first kappa shape index (κ1) is 26.1. The van der Waals surface area contributed by atoms with Gasteiger partial charge in [-0.05, 0) is 62.6 Å². The number of hydrogen-bond donors (Lipinski definition) is 0. The van der Waals surface area contributed by atoms with Crippen LogP contribution in [0.1, 0.15) is 83.1 Å². The molecule has 0 amide bonds. The fraction of sp³-hybridized carbons (Fsp3) is 0.552. The molecule has 1 heterocycles. The fourth-order valence-corrected chi connectivity index (χ4v) is 3.72. The molecule has 0 radical (unpaired) electrons. The van der Waals surface area contributed by atoms with Crippen LogP contribution in [0.25, 0.3) is 11.3 Å². The van der Waals surface area contributed by atoms with Gasteiger partial charge in [0.15, 0.2) is 0 Å². The molecule has 1 aromatic heterocycles. The van der Waals surface area contributed by atoms with Crippen molar-refractivity contribution in [2.24, 2.45) is 0 Å². The van der Waals surface area contributed by atoms with Gasteiger partial charge in [-0.3, -0.25) is 4.98 Å². The smallest absolute Gasteiger partial charge is 0.137 e. The highest BCUT2D eigenvalue weighted by atomic mass is 16.5. The number of rotatable bonds is 19. The van der Waals surface area contributed by atoms with E-state index >= 15 is 0 Å². The summed E-state index contributed by atoms with van der Waals surface area (Å²) in [6.45, 7) is 8.48. The maximum atomic E-state index is 5.86. The van der Waals surface area contributed by atoms with E-state index in [-0.39, 0.29) is 0 Å². The molecule has 0 saturated heterocycles. The molecule has 176 valence electrons. The maximum absolute atomic E-state index is 5.86. The predicted octanol–water partition coefficient (Wildman–Crippen LogP) is 8.18. The lowest BCUT2D eigenvalue weighted by molar-refractivity contribution is 0.130. The zero-order valence-electron chi connectivity index (χ0n) is 20.2. The molecular formula is C29H43NO2. The Hall–Kier alpha value is -2.13. The lowest BCUT2D eigenvalue weighted by Crippen LogP contribution is -1.98. The van der Waals surface area contributed by atoms with Crippen molar-refractivity contribution >= 4 is 0 Å². The minimum Gasteiger partial charge on any atom is -0.492 e. The van der Waals surface area contributed by atoms with Crippen molar-refractivity contribution in [3.05, 3.63) is 60.8 Å². The number of aryl methyl sites for hydroxylation is 1.